The predicted molar refractivity (Wildman–Crippen MR) is 197 cm³/mol. The average molecular weight is 823 g/mol. The predicted octanol–water partition coefficient (Wildman–Crippen LogP) is 7.22. The van der Waals surface area contributed by atoms with E-state index in [1.165, 1.54) is 49.6 Å². The second-order valence-corrected chi connectivity index (χ2v) is 15.0. The molecule has 1 saturated carbocycles. The van der Waals surface area contributed by atoms with Crippen molar-refractivity contribution >= 4 is 64.0 Å². The molecular weight excluding hydrogens is 794 g/mol. The number of hydrogen-bond donors (Lipinski definition) is 2. The molecule has 292 valence electrons. The summed E-state index contributed by atoms with van der Waals surface area (Å²) in [6, 6.07) is 16.2. The van der Waals surface area contributed by atoms with E-state index in [-0.39, 0.29) is 41.3 Å². The molecule has 4 aliphatic rings. The van der Waals surface area contributed by atoms with Crippen molar-refractivity contribution in [2.24, 2.45) is 23.7 Å². The molecule has 2 aliphatic carbocycles. The number of fused-ring (bicyclic) bond motifs is 4. The molecule has 8 rings (SSSR count). The Morgan fingerprint density at radius 1 is 0.982 bits per heavy atom. The number of rotatable bonds is 7. The van der Waals surface area contributed by atoms with Crippen molar-refractivity contribution in [2.75, 3.05) is 17.4 Å². The molecule has 1 aromatic heterocycles. The lowest BCUT2D eigenvalue weighted by molar-refractivity contribution is -0.384. The Bertz CT molecular complexity index is 2450. The van der Waals surface area contributed by atoms with Gasteiger partial charge in [-0.2, -0.15) is 18.2 Å². The fourth-order valence-corrected chi connectivity index (χ4v) is 9.36. The number of phenolic OH excluding ortho intramolecular Hbond substituents is 1. The number of ether oxygens (including phenoxy) is 1. The maximum absolute atomic E-state index is 15.3. The number of phenols is 1. The highest BCUT2D eigenvalue weighted by molar-refractivity contribution is 6.33. The van der Waals surface area contributed by atoms with Crippen LogP contribution in [0.2, 0.25) is 10.0 Å². The minimum Gasteiger partial charge on any atom is -0.508 e. The number of hydrazine groups is 1. The number of alkyl halides is 3. The van der Waals surface area contributed by atoms with Crippen molar-refractivity contribution in [2.45, 2.75) is 30.4 Å². The number of methoxy groups -OCH3 is 1. The first kappa shape index (κ1) is 37.9. The molecule has 6 atom stereocenters. The SMILES string of the molecule is COc1ccc(C2C3=CCC4C(=O)N(c5cccc([N+](=O)[O-])c5)C(=O)C4C3CC3C(=O)N(Nc4ncc(C(F)(F)F)cc4Cl)C(=O)C32c2ccc(Cl)cc2)c(O)c1. The van der Waals surface area contributed by atoms with Crippen molar-refractivity contribution < 1.29 is 47.1 Å². The second-order valence-electron chi connectivity index (χ2n) is 14.1. The van der Waals surface area contributed by atoms with Crippen LogP contribution in [-0.4, -0.2) is 50.8 Å². The summed E-state index contributed by atoms with van der Waals surface area (Å²) in [6.45, 7) is 0. The van der Waals surface area contributed by atoms with E-state index < -0.39 is 86.1 Å². The molecule has 3 heterocycles. The van der Waals surface area contributed by atoms with E-state index in [0.717, 1.165) is 11.0 Å². The largest absolute Gasteiger partial charge is 0.508 e. The van der Waals surface area contributed by atoms with Crippen molar-refractivity contribution in [1.82, 2.24) is 9.99 Å². The maximum Gasteiger partial charge on any atom is 0.417 e. The molecule has 4 aromatic rings. The summed E-state index contributed by atoms with van der Waals surface area (Å²) in [7, 11) is 1.39. The topological polar surface area (TPSA) is 172 Å². The van der Waals surface area contributed by atoms with Crippen LogP contribution < -0.4 is 15.1 Å². The molecule has 0 radical (unpaired) electrons. The molecule has 2 N–H and O–H groups in total. The van der Waals surface area contributed by atoms with Gasteiger partial charge in [-0.1, -0.05) is 59.1 Å². The molecular formula is C39H28Cl2F3N5O8. The van der Waals surface area contributed by atoms with E-state index in [2.05, 4.69) is 10.4 Å². The summed E-state index contributed by atoms with van der Waals surface area (Å²) in [4.78, 5) is 74.3. The molecule has 6 unspecified atom stereocenters. The number of nitrogens with zero attached hydrogens (tertiary/aromatic N) is 4. The average Bonchev–Trinajstić information content (AvgIpc) is 3.56. The highest BCUT2D eigenvalue weighted by atomic mass is 35.5. The molecule has 2 saturated heterocycles. The van der Waals surface area contributed by atoms with Crippen LogP contribution in [0.25, 0.3) is 0 Å². The number of allylic oxidation sites excluding steroid dienone is 2. The van der Waals surface area contributed by atoms with Crippen LogP contribution in [0.1, 0.15) is 35.4 Å². The smallest absolute Gasteiger partial charge is 0.417 e. The van der Waals surface area contributed by atoms with E-state index in [0.29, 0.717) is 33.4 Å². The lowest BCUT2D eigenvalue weighted by atomic mass is 9.49. The van der Waals surface area contributed by atoms with Gasteiger partial charge in [0.05, 0.1) is 51.5 Å². The number of carbonyl (C=O) groups is 4. The number of nitro benzene ring substituents is 1. The summed E-state index contributed by atoms with van der Waals surface area (Å²) in [5.41, 5.74) is 0.0848. The zero-order chi connectivity index (χ0) is 40.7. The van der Waals surface area contributed by atoms with Crippen molar-refractivity contribution in [1.29, 1.82) is 0 Å². The number of nitro groups is 1. The molecule has 0 bridgehead atoms. The van der Waals surface area contributed by atoms with Gasteiger partial charge in [0, 0.05) is 40.9 Å². The summed E-state index contributed by atoms with van der Waals surface area (Å²) in [5, 5.41) is 23.7. The van der Waals surface area contributed by atoms with E-state index >= 15 is 4.79 Å². The van der Waals surface area contributed by atoms with Gasteiger partial charge in [-0.25, -0.2) is 9.88 Å². The first-order valence-electron chi connectivity index (χ1n) is 17.4. The fraction of sp³-hybridized carbons (Fsp3) is 0.256. The monoisotopic (exact) mass is 821 g/mol. The first-order chi connectivity index (χ1) is 27.1. The number of imide groups is 2. The van der Waals surface area contributed by atoms with Gasteiger partial charge in [0.2, 0.25) is 11.8 Å². The number of aromatic hydroxyl groups is 1. The summed E-state index contributed by atoms with van der Waals surface area (Å²) in [6.07, 6.45) is -2.73. The van der Waals surface area contributed by atoms with Crippen LogP contribution in [-0.2, 0) is 30.8 Å². The number of carbonyl (C=O) groups excluding carboxylic acids is 4. The third kappa shape index (κ3) is 5.79. The Kier molecular flexibility index (Phi) is 9.03. The van der Waals surface area contributed by atoms with E-state index in [1.54, 1.807) is 24.3 Å². The zero-order valence-corrected chi connectivity index (χ0v) is 30.9. The lowest BCUT2D eigenvalue weighted by Gasteiger charge is -2.50. The molecule has 13 nitrogen and oxygen atoms in total. The molecule has 57 heavy (non-hydrogen) atoms. The van der Waals surface area contributed by atoms with E-state index in [1.807, 2.05) is 0 Å². The van der Waals surface area contributed by atoms with Crippen LogP contribution >= 0.6 is 23.2 Å². The first-order valence-corrected chi connectivity index (χ1v) is 18.2. The normalized spacial score (nSPS) is 25.5. The number of aromatic nitrogens is 1. The maximum atomic E-state index is 15.3. The lowest BCUT2D eigenvalue weighted by Crippen LogP contribution is -2.53. The number of pyridine rings is 1. The third-order valence-electron chi connectivity index (χ3n) is 11.4. The van der Waals surface area contributed by atoms with Crippen LogP contribution in [0.5, 0.6) is 11.5 Å². The second kappa shape index (κ2) is 13.6. The van der Waals surface area contributed by atoms with Crippen molar-refractivity contribution in [3.05, 3.63) is 127 Å². The Hall–Kier alpha value is -6.00. The molecule has 18 heteroatoms. The Morgan fingerprint density at radius 2 is 1.72 bits per heavy atom. The standard InChI is InChI=1S/C39H28Cl2F3N5O8/c1-57-23-9-10-25(30(50)15-23)32-24-11-12-26-31(36(53)47(34(26)51)21-3-2-4-22(14-21)49(55)56)27(24)16-28-35(52)48(37(54)38(28,32)18-5-7-20(40)8-6-18)46-33-29(41)13-19(17-45-33)39(42,43)44/h2-11,13-15,17,26-28,31-32,50H,12,16H2,1H3,(H,45,46). The summed E-state index contributed by atoms with van der Waals surface area (Å²) >= 11 is 12.5. The van der Waals surface area contributed by atoms with Gasteiger partial charge in [-0.3, -0.25) is 34.7 Å². The van der Waals surface area contributed by atoms with E-state index in [9.17, 15) is 42.8 Å². The van der Waals surface area contributed by atoms with Crippen molar-refractivity contribution in [3.8, 4) is 11.5 Å². The molecule has 3 aromatic carbocycles. The van der Waals surface area contributed by atoms with Gasteiger partial charge in [-0.05, 0) is 54.7 Å². The zero-order valence-electron chi connectivity index (χ0n) is 29.4. The van der Waals surface area contributed by atoms with Gasteiger partial charge < -0.3 is 9.84 Å². The Balaban J connectivity index is 1.31. The molecule has 4 amide bonds. The van der Waals surface area contributed by atoms with E-state index in [4.69, 9.17) is 27.9 Å². The highest BCUT2D eigenvalue weighted by Crippen LogP contribution is 2.65. The number of non-ortho nitro benzene ring substituents is 1. The highest BCUT2D eigenvalue weighted by Gasteiger charge is 2.70. The number of benzene rings is 3. The number of hydrogen-bond acceptors (Lipinski definition) is 10. The molecule has 0 spiro atoms. The van der Waals surface area contributed by atoms with Gasteiger partial charge in [0.1, 0.15) is 11.5 Å². The number of nitrogens with one attached hydrogen (secondary N) is 1. The van der Waals surface area contributed by atoms with Crippen LogP contribution in [0.4, 0.5) is 30.4 Å². The number of amides is 4. The number of anilines is 2. The fourth-order valence-electron chi connectivity index (χ4n) is 9.02. The Labute approximate surface area is 330 Å². The summed E-state index contributed by atoms with van der Waals surface area (Å²) in [5.74, 6) is -8.88. The van der Waals surface area contributed by atoms with Gasteiger partial charge in [0.25, 0.3) is 17.5 Å². The minimum absolute atomic E-state index is 0.00534. The Morgan fingerprint density at radius 3 is 2.37 bits per heavy atom. The van der Waals surface area contributed by atoms with Crippen LogP contribution in [0.3, 0.4) is 0 Å². The van der Waals surface area contributed by atoms with Crippen molar-refractivity contribution in [3.63, 3.8) is 0 Å². The van der Waals surface area contributed by atoms with Gasteiger partial charge in [0.15, 0.2) is 5.82 Å². The minimum atomic E-state index is -4.79. The van der Waals surface area contributed by atoms with Gasteiger partial charge in [-0.15, -0.1) is 0 Å². The molecule has 2 aliphatic heterocycles. The quantitative estimate of drug-likeness (QED) is 0.0839. The molecule has 3 fully saturated rings. The third-order valence-corrected chi connectivity index (χ3v) is 11.9. The number of halogens is 5. The van der Waals surface area contributed by atoms with Gasteiger partial charge >= 0.3 is 6.18 Å². The van der Waals surface area contributed by atoms with Crippen LogP contribution in [0, 0.1) is 33.8 Å². The van der Waals surface area contributed by atoms with Crippen LogP contribution in [0.15, 0.2) is 90.6 Å². The summed E-state index contributed by atoms with van der Waals surface area (Å²) < 4.78 is 45.8.